The SMILES string of the molecule is Cl.O=C1CC(=C2CNC2)C(=O)N1. The Morgan fingerprint density at radius 2 is 1.83 bits per heavy atom. The van der Waals surface area contributed by atoms with Gasteiger partial charge in [-0.1, -0.05) is 0 Å². The molecule has 0 unspecified atom stereocenters. The van der Waals surface area contributed by atoms with Gasteiger partial charge in [0.15, 0.2) is 0 Å². The summed E-state index contributed by atoms with van der Waals surface area (Å²) in [6.45, 7) is 1.52. The van der Waals surface area contributed by atoms with E-state index < -0.39 is 0 Å². The van der Waals surface area contributed by atoms with Gasteiger partial charge in [0, 0.05) is 18.7 Å². The van der Waals surface area contributed by atoms with Gasteiger partial charge in [-0.25, -0.2) is 0 Å². The van der Waals surface area contributed by atoms with E-state index in [0.717, 1.165) is 18.7 Å². The predicted molar refractivity (Wildman–Crippen MR) is 44.9 cm³/mol. The maximum Gasteiger partial charge on any atom is 0.254 e. The fraction of sp³-hybridized carbons (Fsp3) is 0.429. The molecule has 0 bridgehead atoms. The lowest BCUT2D eigenvalue weighted by molar-refractivity contribution is -0.124. The van der Waals surface area contributed by atoms with Crippen molar-refractivity contribution < 1.29 is 9.59 Å². The summed E-state index contributed by atoms with van der Waals surface area (Å²) >= 11 is 0. The van der Waals surface area contributed by atoms with Gasteiger partial charge in [-0.3, -0.25) is 14.9 Å². The lowest BCUT2D eigenvalue weighted by Gasteiger charge is -2.19. The molecule has 66 valence electrons. The number of hydrogen-bond donors (Lipinski definition) is 2. The van der Waals surface area contributed by atoms with Crippen molar-refractivity contribution in [2.45, 2.75) is 6.42 Å². The van der Waals surface area contributed by atoms with Crippen LogP contribution in [-0.2, 0) is 9.59 Å². The maximum absolute atomic E-state index is 11.0. The monoisotopic (exact) mass is 188 g/mol. The standard InChI is InChI=1S/C7H8N2O2.ClH/c10-6-1-5(7(11)9-6)4-2-8-3-4;/h8H,1-3H2,(H,9,10,11);1H. The van der Waals surface area contributed by atoms with Gasteiger partial charge in [-0.05, 0) is 5.57 Å². The van der Waals surface area contributed by atoms with E-state index in [1.54, 1.807) is 0 Å². The highest BCUT2D eigenvalue weighted by Crippen LogP contribution is 2.17. The van der Waals surface area contributed by atoms with Crippen LogP contribution in [0.25, 0.3) is 0 Å². The van der Waals surface area contributed by atoms with Crippen molar-refractivity contribution in [3.05, 3.63) is 11.1 Å². The van der Waals surface area contributed by atoms with Crippen molar-refractivity contribution in [2.75, 3.05) is 13.1 Å². The van der Waals surface area contributed by atoms with E-state index in [0.29, 0.717) is 5.57 Å². The lowest BCUT2D eigenvalue weighted by Crippen LogP contribution is -2.36. The molecule has 0 aliphatic carbocycles. The number of amides is 2. The Labute approximate surface area is 75.8 Å². The summed E-state index contributed by atoms with van der Waals surface area (Å²) in [6.07, 6.45) is 0.274. The molecule has 0 aromatic carbocycles. The van der Waals surface area contributed by atoms with E-state index in [2.05, 4.69) is 10.6 Å². The van der Waals surface area contributed by atoms with Crippen LogP contribution < -0.4 is 10.6 Å². The molecule has 2 heterocycles. The minimum absolute atomic E-state index is 0. The Hall–Kier alpha value is -0.870. The van der Waals surface area contributed by atoms with Crippen LogP contribution >= 0.6 is 12.4 Å². The first-order chi connectivity index (χ1) is 5.27. The number of rotatable bonds is 0. The highest BCUT2D eigenvalue weighted by molar-refractivity contribution is 6.13. The average Bonchev–Trinajstić information content (AvgIpc) is 2.07. The zero-order valence-electron chi connectivity index (χ0n) is 6.35. The zero-order valence-corrected chi connectivity index (χ0v) is 7.16. The third-order valence-electron chi connectivity index (χ3n) is 1.97. The Bertz CT molecular complexity index is 267. The minimum atomic E-state index is -0.202. The van der Waals surface area contributed by atoms with Crippen LogP contribution in [0, 0.1) is 0 Å². The molecule has 0 aromatic rings. The zero-order chi connectivity index (χ0) is 7.84. The Kier molecular flexibility index (Phi) is 2.49. The molecule has 0 atom stereocenters. The summed E-state index contributed by atoms with van der Waals surface area (Å²) in [5.41, 5.74) is 1.75. The van der Waals surface area contributed by atoms with Gasteiger partial charge in [-0.15, -0.1) is 12.4 Å². The number of hydrogen-bond acceptors (Lipinski definition) is 3. The van der Waals surface area contributed by atoms with Crippen LogP contribution in [0.2, 0.25) is 0 Å². The molecule has 5 heteroatoms. The van der Waals surface area contributed by atoms with Crippen LogP contribution in [0.1, 0.15) is 6.42 Å². The Balaban J connectivity index is 0.000000720. The summed E-state index contributed by atoms with van der Waals surface area (Å²) in [5, 5.41) is 5.28. The second-order valence-electron chi connectivity index (χ2n) is 2.74. The maximum atomic E-state index is 11.0. The summed E-state index contributed by atoms with van der Waals surface area (Å²) < 4.78 is 0. The van der Waals surface area contributed by atoms with Gasteiger partial charge < -0.3 is 5.32 Å². The van der Waals surface area contributed by atoms with Gasteiger partial charge in [0.05, 0.1) is 6.42 Å². The predicted octanol–water partition coefficient (Wildman–Crippen LogP) is -0.646. The van der Waals surface area contributed by atoms with Gasteiger partial charge >= 0.3 is 0 Å². The van der Waals surface area contributed by atoms with Crippen LogP contribution in [-0.4, -0.2) is 24.9 Å². The van der Waals surface area contributed by atoms with Gasteiger partial charge in [0.2, 0.25) is 5.91 Å². The topological polar surface area (TPSA) is 58.2 Å². The van der Waals surface area contributed by atoms with E-state index in [1.807, 2.05) is 0 Å². The van der Waals surface area contributed by atoms with Crippen LogP contribution in [0.3, 0.4) is 0 Å². The third kappa shape index (κ3) is 1.35. The Morgan fingerprint density at radius 3 is 2.17 bits per heavy atom. The van der Waals surface area contributed by atoms with Crippen molar-refractivity contribution >= 4 is 24.2 Å². The molecule has 0 aromatic heterocycles. The molecule has 4 nitrogen and oxygen atoms in total. The first-order valence-electron chi connectivity index (χ1n) is 3.53. The summed E-state index contributed by atoms with van der Waals surface area (Å²) in [7, 11) is 0. The minimum Gasteiger partial charge on any atom is -0.309 e. The van der Waals surface area contributed by atoms with E-state index in [9.17, 15) is 9.59 Å². The highest BCUT2D eigenvalue weighted by atomic mass is 35.5. The van der Waals surface area contributed by atoms with Crippen molar-refractivity contribution in [3.8, 4) is 0 Å². The van der Waals surface area contributed by atoms with Crippen LogP contribution in [0.4, 0.5) is 0 Å². The number of halogens is 1. The second kappa shape index (κ2) is 3.25. The van der Waals surface area contributed by atoms with Crippen molar-refractivity contribution in [2.24, 2.45) is 0 Å². The van der Waals surface area contributed by atoms with Gasteiger partial charge in [0.1, 0.15) is 0 Å². The summed E-state index contributed by atoms with van der Waals surface area (Å²) in [6, 6.07) is 0. The summed E-state index contributed by atoms with van der Waals surface area (Å²) in [4.78, 5) is 21.7. The molecule has 2 saturated heterocycles. The Morgan fingerprint density at radius 1 is 1.17 bits per heavy atom. The van der Waals surface area contributed by atoms with Crippen molar-refractivity contribution in [1.82, 2.24) is 10.6 Å². The van der Waals surface area contributed by atoms with E-state index >= 15 is 0 Å². The molecule has 2 amide bonds. The molecule has 2 N–H and O–H groups in total. The second-order valence-corrected chi connectivity index (χ2v) is 2.74. The number of imide groups is 1. The smallest absolute Gasteiger partial charge is 0.254 e. The first kappa shape index (κ1) is 9.22. The normalized spacial score (nSPS) is 21.7. The largest absolute Gasteiger partial charge is 0.309 e. The molecular formula is C7H9ClN2O2. The molecule has 0 radical (unpaired) electrons. The molecule has 2 rings (SSSR count). The average molecular weight is 189 g/mol. The third-order valence-corrected chi connectivity index (χ3v) is 1.97. The molecule has 2 aliphatic heterocycles. The van der Waals surface area contributed by atoms with Crippen LogP contribution in [0.5, 0.6) is 0 Å². The number of carbonyl (C=O) groups excluding carboxylic acids is 2. The molecule has 0 saturated carbocycles. The highest BCUT2D eigenvalue weighted by Gasteiger charge is 2.28. The quantitative estimate of drug-likeness (QED) is 0.393. The van der Waals surface area contributed by atoms with Crippen molar-refractivity contribution in [1.29, 1.82) is 0 Å². The van der Waals surface area contributed by atoms with E-state index in [4.69, 9.17) is 0 Å². The molecule has 12 heavy (non-hydrogen) atoms. The molecule has 2 aliphatic rings. The van der Waals surface area contributed by atoms with E-state index in [-0.39, 0.29) is 30.6 Å². The number of carbonyl (C=O) groups is 2. The first-order valence-corrected chi connectivity index (χ1v) is 3.53. The lowest BCUT2D eigenvalue weighted by atomic mass is 10.0. The fourth-order valence-corrected chi connectivity index (χ4v) is 1.24. The fourth-order valence-electron chi connectivity index (χ4n) is 1.24. The van der Waals surface area contributed by atoms with Crippen molar-refractivity contribution in [3.63, 3.8) is 0 Å². The van der Waals surface area contributed by atoms with Gasteiger partial charge in [-0.2, -0.15) is 0 Å². The molecular weight excluding hydrogens is 180 g/mol. The molecule has 0 spiro atoms. The van der Waals surface area contributed by atoms with E-state index in [1.165, 1.54) is 0 Å². The molecule has 2 fully saturated rings. The summed E-state index contributed by atoms with van der Waals surface area (Å²) in [5.74, 6) is -0.379. The number of nitrogens with one attached hydrogen (secondary N) is 2. The van der Waals surface area contributed by atoms with Gasteiger partial charge in [0.25, 0.3) is 5.91 Å². The van der Waals surface area contributed by atoms with Crippen LogP contribution in [0.15, 0.2) is 11.1 Å².